The molecule has 2 heterocycles. The predicted molar refractivity (Wildman–Crippen MR) is 146 cm³/mol. The van der Waals surface area contributed by atoms with Crippen LogP contribution in [0.4, 0.5) is 10.1 Å². The Morgan fingerprint density at radius 1 is 0.900 bits per heavy atom. The first kappa shape index (κ1) is 26.4. The van der Waals surface area contributed by atoms with Gasteiger partial charge in [-0.15, -0.1) is 0 Å². The van der Waals surface area contributed by atoms with Gasteiger partial charge in [-0.05, 0) is 48.5 Å². The summed E-state index contributed by atoms with van der Waals surface area (Å²) < 4.78 is 20.4. The molecular weight excluding hydrogens is 515 g/mol. The average molecular weight is 541 g/mol. The van der Waals surface area contributed by atoms with Crippen molar-refractivity contribution in [3.8, 4) is 16.9 Å². The fourth-order valence-corrected chi connectivity index (χ4v) is 4.13. The summed E-state index contributed by atoms with van der Waals surface area (Å²) in [6.07, 6.45) is 3.06. The van der Waals surface area contributed by atoms with E-state index in [1.54, 1.807) is 52.2 Å². The molecular formula is C29H25FN6O4. The summed E-state index contributed by atoms with van der Waals surface area (Å²) in [6.45, 7) is 1.76. The molecule has 10 nitrogen and oxygen atoms in total. The molecule has 1 fully saturated rings. The van der Waals surface area contributed by atoms with Crippen molar-refractivity contribution in [3.63, 3.8) is 0 Å². The fraction of sp³-hybridized carbons (Fsp3) is 0.138. The maximum Gasteiger partial charge on any atom is 0.329 e. The second-order valence-electron chi connectivity index (χ2n) is 8.82. The van der Waals surface area contributed by atoms with E-state index in [0.717, 1.165) is 5.69 Å². The van der Waals surface area contributed by atoms with Gasteiger partial charge in [0.2, 0.25) is 0 Å². The minimum absolute atomic E-state index is 0.214. The van der Waals surface area contributed by atoms with Crippen LogP contribution in [0.1, 0.15) is 15.9 Å². The van der Waals surface area contributed by atoms with E-state index in [2.05, 4.69) is 20.9 Å². The van der Waals surface area contributed by atoms with Crippen molar-refractivity contribution in [1.29, 1.82) is 0 Å². The number of carbonyl (C=O) groups is 3. The second-order valence-corrected chi connectivity index (χ2v) is 8.82. The lowest BCUT2D eigenvalue weighted by Crippen LogP contribution is -2.41. The topological polar surface area (TPSA) is 118 Å². The van der Waals surface area contributed by atoms with E-state index in [1.807, 2.05) is 30.3 Å². The van der Waals surface area contributed by atoms with Crippen molar-refractivity contribution in [2.75, 3.05) is 31.6 Å². The van der Waals surface area contributed by atoms with Gasteiger partial charge in [-0.2, -0.15) is 10.2 Å². The molecule has 0 bridgehead atoms. The molecule has 0 spiro atoms. The molecule has 0 unspecified atom stereocenters. The highest BCUT2D eigenvalue weighted by Crippen LogP contribution is 2.23. The van der Waals surface area contributed by atoms with E-state index >= 15 is 0 Å². The first-order chi connectivity index (χ1) is 19.5. The quantitative estimate of drug-likeness (QED) is 0.221. The highest BCUT2D eigenvalue weighted by Gasteiger charge is 2.23. The molecule has 3 aromatic carbocycles. The highest BCUT2D eigenvalue weighted by atomic mass is 19.1. The molecule has 1 aliphatic rings. The lowest BCUT2D eigenvalue weighted by Gasteiger charge is -2.27. The van der Waals surface area contributed by atoms with Crippen LogP contribution in [-0.2, 0) is 14.3 Å². The Labute approximate surface area is 229 Å². The lowest BCUT2D eigenvalue weighted by atomic mass is 10.1. The summed E-state index contributed by atoms with van der Waals surface area (Å²) in [4.78, 5) is 39.7. The number of hydrogen-bond donors (Lipinski definition) is 2. The number of nitrogens with zero attached hydrogens (tertiary/aromatic N) is 4. The van der Waals surface area contributed by atoms with Crippen molar-refractivity contribution in [3.05, 3.63) is 102 Å². The van der Waals surface area contributed by atoms with Gasteiger partial charge in [0.15, 0.2) is 0 Å². The monoisotopic (exact) mass is 540 g/mol. The molecule has 3 amide bonds. The summed E-state index contributed by atoms with van der Waals surface area (Å²) in [6, 6.07) is 21.7. The van der Waals surface area contributed by atoms with Crippen LogP contribution in [-0.4, -0.2) is 64.9 Å². The number of nitrogens with one attached hydrogen (secondary N) is 2. The molecule has 1 aromatic heterocycles. The van der Waals surface area contributed by atoms with Crippen LogP contribution in [0.5, 0.6) is 0 Å². The van der Waals surface area contributed by atoms with Gasteiger partial charge in [-0.25, -0.2) is 14.5 Å². The third-order valence-corrected chi connectivity index (χ3v) is 6.16. The van der Waals surface area contributed by atoms with E-state index < -0.39 is 11.8 Å². The molecule has 5 rings (SSSR count). The van der Waals surface area contributed by atoms with E-state index in [9.17, 15) is 18.8 Å². The zero-order valence-electron chi connectivity index (χ0n) is 21.3. The maximum absolute atomic E-state index is 13.5. The molecule has 0 radical (unpaired) electrons. The highest BCUT2D eigenvalue weighted by molar-refractivity contribution is 6.40. The van der Waals surface area contributed by atoms with Crippen LogP contribution in [0.3, 0.4) is 0 Å². The normalized spacial score (nSPS) is 13.3. The number of anilines is 1. The zero-order valence-corrected chi connectivity index (χ0v) is 21.3. The first-order valence-corrected chi connectivity index (χ1v) is 12.5. The van der Waals surface area contributed by atoms with E-state index in [4.69, 9.17) is 4.74 Å². The Morgan fingerprint density at radius 2 is 1.60 bits per heavy atom. The first-order valence-electron chi connectivity index (χ1n) is 12.5. The number of aromatic nitrogens is 2. The number of amides is 3. The molecule has 4 aromatic rings. The van der Waals surface area contributed by atoms with Gasteiger partial charge in [0.05, 0.1) is 36.4 Å². The molecule has 0 saturated carbocycles. The minimum atomic E-state index is -1.02. The zero-order chi connectivity index (χ0) is 27.9. The van der Waals surface area contributed by atoms with Gasteiger partial charge >= 0.3 is 11.8 Å². The number of para-hydroxylation sites is 2. The maximum atomic E-state index is 13.5. The average Bonchev–Trinajstić information content (AvgIpc) is 3.42. The Hall–Kier alpha value is -5.16. The summed E-state index contributed by atoms with van der Waals surface area (Å²) in [5, 5.41) is 11.0. The van der Waals surface area contributed by atoms with Gasteiger partial charge in [0, 0.05) is 30.4 Å². The number of rotatable bonds is 6. The molecule has 40 heavy (non-hydrogen) atoms. The van der Waals surface area contributed by atoms with Crippen molar-refractivity contribution in [1.82, 2.24) is 20.1 Å². The number of benzene rings is 3. The molecule has 1 aliphatic heterocycles. The van der Waals surface area contributed by atoms with Crippen LogP contribution in [0.25, 0.3) is 16.9 Å². The molecule has 2 N–H and O–H groups in total. The van der Waals surface area contributed by atoms with E-state index in [-0.39, 0.29) is 23.0 Å². The van der Waals surface area contributed by atoms with Crippen LogP contribution < -0.4 is 10.7 Å². The standard InChI is InChI=1S/C29H25FN6O4/c30-22-12-10-20(11-13-22)26-21(19-36(34-26)23-6-2-1-3-7-23)18-31-33-28(38)27(37)32-25-9-5-4-8-24(25)29(39)35-14-16-40-17-15-35/h1-13,18-19H,14-17H2,(H,32,37)(H,33,38)/b31-18+. The Balaban J connectivity index is 1.30. The summed E-state index contributed by atoms with van der Waals surface area (Å²) in [7, 11) is 0. The second kappa shape index (κ2) is 12.1. The summed E-state index contributed by atoms with van der Waals surface area (Å²) in [5.41, 5.74) is 5.15. The van der Waals surface area contributed by atoms with Crippen molar-refractivity contribution in [2.45, 2.75) is 0 Å². The van der Waals surface area contributed by atoms with E-state index in [1.165, 1.54) is 18.3 Å². The predicted octanol–water partition coefficient (Wildman–Crippen LogP) is 3.24. The van der Waals surface area contributed by atoms with Crippen molar-refractivity contribution >= 4 is 29.6 Å². The summed E-state index contributed by atoms with van der Waals surface area (Å²) in [5.74, 6) is -2.66. The number of hydrazone groups is 1. The number of ether oxygens (including phenoxy) is 1. The number of hydrogen-bond acceptors (Lipinski definition) is 6. The third-order valence-electron chi connectivity index (χ3n) is 6.16. The molecule has 0 aliphatic carbocycles. The minimum Gasteiger partial charge on any atom is -0.378 e. The number of morpholine rings is 1. The Kier molecular flexibility index (Phi) is 8.02. The third kappa shape index (κ3) is 6.11. The number of halogens is 1. The number of carbonyl (C=O) groups excluding carboxylic acids is 3. The lowest BCUT2D eigenvalue weighted by molar-refractivity contribution is -0.136. The molecule has 202 valence electrons. The van der Waals surface area contributed by atoms with E-state index in [0.29, 0.717) is 43.1 Å². The van der Waals surface area contributed by atoms with Crippen LogP contribution in [0.2, 0.25) is 0 Å². The van der Waals surface area contributed by atoms with Crippen LogP contribution in [0, 0.1) is 5.82 Å². The SMILES string of the molecule is O=C(N/N=C/c1cn(-c2ccccc2)nc1-c1ccc(F)cc1)C(=O)Nc1ccccc1C(=O)N1CCOCC1. The van der Waals surface area contributed by atoms with Crippen molar-refractivity contribution < 1.29 is 23.5 Å². The summed E-state index contributed by atoms with van der Waals surface area (Å²) >= 11 is 0. The fourth-order valence-electron chi connectivity index (χ4n) is 4.13. The van der Waals surface area contributed by atoms with Gasteiger partial charge in [-0.3, -0.25) is 14.4 Å². The largest absolute Gasteiger partial charge is 0.378 e. The van der Waals surface area contributed by atoms with Crippen LogP contribution in [0.15, 0.2) is 90.2 Å². The Morgan fingerprint density at radius 3 is 2.35 bits per heavy atom. The molecule has 1 saturated heterocycles. The smallest absolute Gasteiger partial charge is 0.329 e. The van der Waals surface area contributed by atoms with Gasteiger partial charge < -0.3 is 15.0 Å². The Bertz CT molecular complexity index is 1550. The molecule has 11 heteroatoms. The van der Waals surface area contributed by atoms with Gasteiger partial charge in [-0.1, -0.05) is 30.3 Å². The van der Waals surface area contributed by atoms with Gasteiger partial charge in [0.1, 0.15) is 11.5 Å². The van der Waals surface area contributed by atoms with Crippen LogP contribution >= 0.6 is 0 Å². The van der Waals surface area contributed by atoms with Crippen molar-refractivity contribution in [2.24, 2.45) is 5.10 Å². The molecule has 0 atom stereocenters. The van der Waals surface area contributed by atoms with Gasteiger partial charge in [0.25, 0.3) is 5.91 Å².